The second kappa shape index (κ2) is 7.41. The molecule has 27 heavy (non-hydrogen) atoms. The number of methoxy groups -OCH3 is 1. The lowest BCUT2D eigenvalue weighted by Crippen LogP contribution is -2.10. The Morgan fingerprint density at radius 1 is 1.04 bits per heavy atom. The van der Waals surface area contributed by atoms with Gasteiger partial charge in [-0.3, -0.25) is 0 Å². The van der Waals surface area contributed by atoms with Gasteiger partial charge in [-0.15, -0.1) is 0 Å². The van der Waals surface area contributed by atoms with Crippen LogP contribution in [0, 0.1) is 0 Å². The molecule has 4 aromatic rings. The fraction of sp³-hybridized carbons (Fsp3) is 0.261. The average molecular weight is 359 g/mol. The van der Waals surface area contributed by atoms with Crippen molar-refractivity contribution in [3.05, 3.63) is 60.3 Å². The van der Waals surface area contributed by atoms with Crippen LogP contribution in [-0.4, -0.2) is 17.1 Å². The summed E-state index contributed by atoms with van der Waals surface area (Å²) in [7, 11) is 1.68. The van der Waals surface area contributed by atoms with E-state index in [0.717, 1.165) is 52.7 Å². The van der Waals surface area contributed by atoms with Crippen molar-refractivity contribution in [3.8, 4) is 16.9 Å². The van der Waals surface area contributed by atoms with Crippen LogP contribution in [-0.2, 0) is 0 Å². The molecule has 1 atom stereocenters. The normalized spacial score (nSPS) is 12.6. The first-order valence-electron chi connectivity index (χ1n) is 9.51. The minimum atomic E-state index is 0.0385. The van der Waals surface area contributed by atoms with Crippen LogP contribution in [0.15, 0.2) is 54.7 Å². The average Bonchev–Trinajstić information content (AvgIpc) is 3.09. The number of H-pyrrole nitrogens is 1. The summed E-state index contributed by atoms with van der Waals surface area (Å²) < 4.78 is 5.26. The van der Waals surface area contributed by atoms with E-state index in [9.17, 15) is 0 Å². The van der Waals surface area contributed by atoms with Crippen molar-refractivity contribution in [2.75, 3.05) is 7.11 Å². The molecule has 2 aromatic heterocycles. The van der Waals surface area contributed by atoms with Gasteiger partial charge in [0.05, 0.1) is 7.11 Å². The molecule has 4 heteroatoms. The molecule has 138 valence electrons. The van der Waals surface area contributed by atoms with Crippen LogP contribution in [0.1, 0.15) is 37.8 Å². The maximum atomic E-state index is 6.37. The van der Waals surface area contributed by atoms with Crippen LogP contribution in [0.4, 0.5) is 0 Å². The van der Waals surface area contributed by atoms with Crippen molar-refractivity contribution in [3.63, 3.8) is 0 Å². The van der Waals surface area contributed by atoms with Crippen LogP contribution in [0.5, 0.6) is 5.75 Å². The molecule has 0 aliphatic heterocycles. The molecule has 0 saturated carbocycles. The van der Waals surface area contributed by atoms with Gasteiger partial charge in [-0.05, 0) is 53.4 Å². The van der Waals surface area contributed by atoms with E-state index in [-0.39, 0.29) is 6.04 Å². The summed E-state index contributed by atoms with van der Waals surface area (Å²) in [5.41, 5.74) is 11.8. The molecule has 2 heterocycles. The van der Waals surface area contributed by atoms with Crippen LogP contribution >= 0.6 is 0 Å². The lowest BCUT2D eigenvalue weighted by molar-refractivity contribution is 0.415. The highest BCUT2D eigenvalue weighted by atomic mass is 16.5. The third-order valence-corrected chi connectivity index (χ3v) is 5.19. The number of nitrogens with two attached hydrogens (primary N) is 1. The lowest BCUT2D eigenvalue weighted by atomic mass is 10.0. The van der Waals surface area contributed by atoms with Crippen molar-refractivity contribution >= 4 is 21.9 Å². The number of hydrogen-bond acceptors (Lipinski definition) is 3. The molecule has 0 saturated heterocycles. The number of nitrogens with zero attached hydrogens (tertiary/aromatic N) is 1. The third kappa shape index (κ3) is 3.40. The third-order valence-electron chi connectivity index (χ3n) is 5.19. The van der Waals surface area contributed by atoms with Gasteiger partial charge in [0.15, 0.2) is 0 Å². The Kier molecular flexibility index (Phi) is 4.82. The molecule has 0 spiro atoms. The van der Waals surface area contributed by atoms with Crippen molar-refractivity contribution in [2.45, 2.75) is 32.2 Å². The van der Waals surface area contributed by atoms with Gasteiger partial charge in [-0.2, -0.15) is 0 Å². The van der Waals surface area contributed by atoms with Gasteiger partial charge in [0.1, 0.15) is 11.4 Å². The zero-order chi connectivity index (χ0) is 18.8. The van der Waals surface area contributed by atoms with E-state index >= 15 is 0 Å². The second-order valence-corrected chi connectivity index (χ2v) is 7.03. The smallest absolute Gasteiger partial charge is 0.138 e. The Morgan fingerprint density at radius 2 is 1.81 bits per heavy atom. The zero-order valence-electron chi connectivity index (χ0n) is 15.8. The van der Waals surface area contributed by atoms with E-state index in [2.05, 4.69) is 53.3 Å². The summed E-state index contributed by atoms with van der Waals surface area (Å²) in [5, 5.41) is 2.31. The molecule has 3 N–H and O–H groups in total. The van der Waals surface area contributed by atoms with Crippen LogP contribution in [0.3, 0.4) is 0 Å². The largest absolute Gasteiger partial charge is 0.497 e. The molecule has 4 rings (SSSR count). The molecule has 0 amide bonds. The Labute approximate surface area is 159 Å². The first kappa shape index (κ1) is 17.6. The predicted molar refractivity (Wildman–Crippen MR) is 112 cm³/mol. The topological polar surface area (TPSA) is 63.9 Å². The number of nitrogens with one attached hydrogen (secondary N) is 1. The molecule has 2 aromatic carbocycles. The van der Waals surface area contributed by atoms with Gasteiger partial charge in [0.2, 0.25) is 0 Å². The van der Waals surface area contributed by atoms with E-state index in [1.54, 1.807) is 7.11 Å². The van der Waals surface area contributed by atoms with Crippen molar-refractivity contribution in [2.24, 2.45) is 5.73 Å². The number of ether oxygens (including phenoxy) is 1. The van der Waals surface area contributed by atoms with Crippen LogP contribution in [0.25, 0.3) is 33.1 Å². The number of aromatic nitrogens is 2. The molecule has 1 unspecified atom stereocenters. The summed E-state index contributed by atoms with van der Waals surface area (Å²) in [4.78, 5) is 8.03. The van der Waals surface area contributed by atoms with Crippen molar-refractivity contribution in [1.82, 2.24) is 9.97 Å². The molecule has 0 bridgehead atoms. The predicted octanol–water partition coefficient (Wildman–Crippen LogP) is 5.58. The maximum absolute atomic E-state index is 6.37. The van der Waals surface area contributed by atoms with E-state index in [1.807, 2.05) is 18.3 Å². The van der Waals surface area contributed by atoms with Gasteiger partial charge < -0.3 is 15.5 Å². The van der Waals surface area contributed by atoms with Gasteiger partial charge >= 0.3 is 0 Å². The Morgan fingerprint density at radius 3 is 2.56 bits per heavy atom. The fourth-order valence-electron chi connectivity index (χ4n) is 3.55. The minimum absolute atomic E-state index is 0.0385. The summed E-state index contributed by atoms with van der Waals surface area (Å²) in [6.45, 7) is 2.19. The van der Waals surface area contributed by atoms with Gasteiger partial charge in [-0.1, -0.05) is 38.0 Å². The number of benzene rings is 2. The Bertz CT molecular complexity index is 1070. The summed E-state index contributed by atoms with van der Waals surface area (Å²) >= 11 is 0. The molecular formula is C23H25N3O. The first-order chi connectivity index (χ1) is 13.2. The second-order valence-electron chi connectivity index (χ2n) is 7.03. The summed E-state index contributed by atoms with van der Waals surface area (Å²) in [6.07, 6.45) is 5.18. The highest BCUT2D eigenvalue weighted by molar-refractivity contribution is 6.07. The monoisotopic (exact) mass is 359 g/mol. The number of aromatic amines is 1. The number of hydrogen-bond donors (Lipinski definition) is 2. The highest BCUT2D eigenvalue weighted by Gasteiger charge is 2.11. The van der Waals surface area contributed by atoms with Gasteiger partial charge in [0, 0.05) is 28.5 Å². The molecule has 0 aliphatic carbocycles. The number of rotatable bonds is 6. The summed E-state index contributed by atoms with van der Waals surface area (Å²) in [6, 6.07) is 16.8. The minimum Gasteiger partial charge on any atom is -0.497 e. The number of unbranched alkanes of at least 4 members (excludes halogenated alkanes) is 1. The quantitative estimate of drug-likeness (QED) is 0.472. The zero-order valence-corrected chi connectivity index (χ0v) is 15.8. The van der Waals surface area contributed by atoms with E-state index in [0.29, 0.717) is 0 Å². The highest BCUT2D eigenvalue weighted by Crippen LogP contribution is 2.31. The van der Waals surface area contributed by atoms with Gasteiger partial charge in [0.25, 0.3) is 0 Å². The number of pyridine rings is 1. The van der Waals surface area contributed by atoms with Crippen molar-refractivity contribution < 1.29 is 4.74 Å². The Balaban J connectivity index is 1.77. The standard InChI is InChI=1S/C23H25N3O/c1-3-4-5-21(24)17-13-20-19-12-16(15-6-9-18(27-2)10-7-15)8-11-22(19)26-23(20)25-14-17/h6-14,21H,3-5,24H2,1-2H3,(H,25,26). The summed E-state index contributed by atoms with van der Waals surface area (Å²) in [5.74, 6) is 0.863. The molecule has 4 nitrogen and oxygen atoms in total. The van der Waals surface area contributed by atoms with Crippen molar-refractivity contribution in [1.29, 1.82) is 0 Å². The SMILES string of the molecule is CCCCC(N)c1cnc2[nH]c3ccc(-c4ccc(OC)cc4)cc3c2c1. The molecular weight excluding hydrogens is 334 g/mol. The lowest BCUT2D eigenvalue weighted by Gasteiger charge is -2.11. The van der Waals surface area contributed by atoms with E-state index in [1.165, 1.54) is 10.9 Å². The van der Waals surface area contributed by atoms with Gasteiger partial charge in [-0.25, -0.2) is 4.98 Å². The maximum Gasteiger partial charge on any atom is 0.138 e. The molecule has 0 fully saturated rings. The number of fused-ring (bicyclic) bond motifs is 3. The van der Waals surface area contributed by atoms with Crippen LogP contribution in [0.2, 0.25) is 0 Å². The fourth-order valence-corrected chi connectivity index (χ4v) is 3.55. The van der Waals surface area contributed by atoms with E-state index < -0.39 is 0 Å². The van der Waals surface area contributed by atoms with Crippen LogP contribution < -0.4 is 10.5 Å². The van der Waals surface area contributed by atoms with E-state index in [4.69, 9.17) is 10.5 Å². The molecule has 0 radical (unpaired) electrons. The first-order valence-corrected chi connectivity index (χ1v) is 9.51. The Hall–Kier alpha value is -2.85. The molecule has 0 aliphatic rings.